The summed E-state index contributed by atoms with van der Waals surface area (Å²) in [7, 11) is 0. The Balaban J connectivity index is 2.34. The Bertz CT molecular complexity index is 511. The SMILES string of the molecule is N#CCc1cnn(-c2cccc(Cl)c2)c1. The van der Waals surface area contributed by atoms with Crippen LogP contribution in [-0.4, -0.2) is 9.78 Å². The molecule has 3 nitrogen and oxygen atoms in total. The number of rotatable bonds is 2. The third-order valence-electron chi connectivity index (χ3n) is 1.99. The molecule has 2 rings (SSSR count). The van der Waals surface area contributed by atoms with Crippen molar-refractivity contribution in [2.24, 2.45) is 0 Å². The van der Waals surface area contributed by atoms with Crippen LogP contribution in [0.2, 0.25) is 5.02 Å². The molecule has 1 heterocycles. The van der Waals surface area contributed by atoms with Crippen molar-refractivity contribution < 1.29 is 0 Å². The van der Waals surface area contributed by atoms with E-state index >= 15 is 0 Å². The number of nitriles is 1. The summed E-state index contributed by atoms with van der Waals surface area (Å²) in [6.45, 7) is 0. The third kappa shape index (κ3) is 2.17. The predicted octanol–water partition coefficient (Wildman–Crippen LogP) is 2.59. The first-order chi connectivity index (χ1) is 7.29. The third-order valence-corrected chi connectivity index (χ3v) is 2.23. The molecule has 0 saturated carbocycles. The van der Waals surface area contributed by atoms with E-state index in [9.17, 15) is 0 Å². The minimum Gasteiger partial charge on any atom is -0.241 e. The van der Waals surface area contributed by atoms with Crippen LogP contribution in [0, 0.1) is 11.3 Å². The fourth-order valence-corrected chi connectivity index (χ4v) is 1.49. The first-order valence-electron chi connectivity index (χ1n) is 4.46. The van der Waals surface area contributed by atoms with Crippen LogP contribution in [0.25, 0.3) is 5.69 Å². The Hall–Kier alpha value is -1.79. The molecule has 0 N–H and O–H groups in total. The van der Waals surface area contributed by atoms with Gasteiger partial charge in [-0.05, 0) is 18.2 Å². The lowest BCUT2D eigenvalue weighted by Crippen LogP contribution is -1.93. The Morgan fingerprint density at radius 1 is 1.47 bits per heavy atom. The first kappa shape index (κ1) is 9.75. The number of aromatic nitrogens is 2. The highest BCUT2D eigenvalue weighted by Crippen LogP contribution is 2.14. The molecule has 1 aromatic heterocycles. The van der Waals surface area contributed by atoms with Gasteiger partial charge in [-0.3, -0.25) is 0 Å². The molecule has 15 heavy (non-hydrogen) atoms. The van der Waals surface area contributed by atoms with Gasteiger partial charge in [0.1, 0.15) is 0 Å². The van der Waals surface area contributed by atoms with Crippen LogP contribution in [0.1, 0.15) is 5.56 Å². The van der Waals surface area contributed by atoms with Gasteiger partial charge in [0.25, 0.3) is 0 Å². The molecule has 1 aromatic carbocycles. The van der Waals surface area contributed by atoms with Crippen LogP contribution >= 0.6 is 11.6 Å². The van der Waals surface area contributed by atoms with Crippen molar-refractivity contribution in [3.05, 3.63) is 47.2 Å². The summed E-state index contributed by atoms with van der Waals surface area (Å²) in [5.41, 5.74) is 1.80. The summed E-state index contributed by atoms with van der Waals surface area (Å²) in [5.74, 6) is 0. The Morgan fingerprint density at radius 2 is 2.33 bits per heavy atom. The van der Waals surface area contributed by atoms with E-state index in [1.54, 1.807) is 10.9 Å². The average Bonchev–Trinajstić information content (AvgIpc) is 2.67. The number of hydrogen-bond donors (Lipinski definition) is 0. The van der Waals surface area contributed by atoms with Crippen molar-refractivity contribution in [3.8, 4) is 11.8 Å². The molecule has 0 aliphatic heterocycles. The van der Waals surface area contributed by atoms with Crippen molar-refractivity contribution in [3.63, 3.8) is 0 Å². The molecule has 0 aliphatic carbocycles. The van der Waals surface area contributed by atoms with E-state index < -0.39 is 0 Å². The highest BCUT2D eigenvalue weighted by molar-refractivity contribution is 6.30. The van der Waals surface area contributed by atoms with E-state index in [0.717, 1.165) is 11.3 Å². The molecular weight excluding hydrogens is 210 g/mol. The minimum atomic E-state index is 0.376. The molecule has 0 fully saturated rings. The van der Waals surface area contributed by atoms with E-state index in [1.165, 1.54) is 0 Å². The number of hydrogen-bond acceptors (Lipinski definition) is 2. The summed E-state index contributed by atoms with van der Waals surface area (Å²) in [6, 6.07) is 9.49. The molecule has 0 unspecified atom stereocenters. The largest absolute Gasteiger partial charge is 0.241 e. The van der Waals surface area contributed by atoms with Gasteiger partial charge in [0.15, 0.2) is 0 Å². The van der Waals surface area contributed by atoms with Crippen molar-refractivity contribution >= 4 is 11.6 Å². The van der Waals surface area contributed by atoms with Gasteiger partial charge in [-0.2, -0.15) is 10.4 Å². The Kier molecular flexibility index (Phi) is 2.70. The zero-order valence-electron chi connectivity index (χ0n) is 7.89. The lowest BCUT2D eigenvalue weighted by atomic mass is 10.3. The lowest BCUT2D eigenvalue weighted by Gasteiger charge is -2.00. The maximum atomic E-state index is 8.54. The second-order valence-electron chi connectivity index (χ2n) is 3.11. The van der Waals surface area contributed by atoms with Crippen LogP contribution in [0.3, 0.4) is 0 Å². The zero-order valence-corrected chi connectivity index (χ0v) is 8.65. The number of halogens is 1. The van der Waals surface area contributed by atoms with Crippen molar-refractivity contribution in [1.82, 2.24) is 9.78 Å². The molecule has 0 saturated heterocycles. The van der Waals surface area contributed by atoms with Crippen LogP contribution in [-0.2, 0) is 6.42 Å². The van der Waals surface area contributed by atoms with E-state index in [-0.39, 0.29) is 0 Å². The topological polar surface area (TPSA) is 41.6 Å². The predicted molar refractivity (Wildman–Crippen MR) is 57.9 cm³/mol. The van der Waals surface area contributed by atoms with Gasteiger partial charge in [-0.15, -0.1) is 0 Å². The van der Waals surface area contributed by atoms with E-state index in [1.807, 2.05) is 30.5 Å². The van der Waals surface area contributed by atoms with E-state index in [0.29, 0.717) is 11.4 Å². The maximum Gasteiger partial charge on any atom is 0.0670 e. The van der Waals surface area contributed by atoms with Gasteiger partial charge in [0.05, 0.1) is 24.4 Å². The quantitative estimate of drug-likeness (QED) is 0.776. The molecular formula is C11H8ClN3. The molecule has 0 amide bonds. The second kappa shape index (κ2) is 4.16. The minimum absolute atomic E-state index is 0.376. The van der Waals surface area contributed by atoms with Crippen molar-refractivity contribution in [2.75, 3.05) is 0 Å². The van der Waals surface area contributed by atoms with Gasteiger partial charge in [-0.25, -0.2) is 4.68 Å². The van der Waals surface area contributed by atoms with Crippen LogP contribution in [0.4, 0.5) is 0 Å². The van der Waals surface area contributed by atoms with Crippen LogP contribution in [0.15, 0.2) is 36.7 Å². The summed E-state index contributed by atoms with van der Waals surface area (Å²) in [4.78, 5) is 0. The highest BCUT2D eigenvalue weighted by atomic mass is 35.5. The van der Waals surface area contributed by atoms with Gasteiger partial charge in [0.2, 0.25) is 0 Å². The molecule has 0 aliphatic rings. The van der Waals surface area contributed by atoms with Crippen LogP contribution < -0.4 is 0 Å². The standard InChI is InChI=1S/C11H8ClN3/c12-10-2-1-3-11(6-10)15-8-9(4-5-13)7-14-15/h1-3,6-8H,4H2. The maximum absolute atomic E-state index is 8.54. The molecule has 0 spiro atoms. The summed E-state index contributed by atoms with van der Waals surface area (Å²) in [5, 5.41) is 13.4. The zero-order chi connectivity index (χ0) is 10.7. The monoisotopic (exact) mass is 217 g/mol. The average molecular weight is 218 g/mol. The van der Waals surface area contributed by atoms with Crippen molar-refractivity contribution in [2.45, 2.75) is 6.42 Å². The smallest absolute Gasteiger partial charge is 0.0670 e. The number of nitrogens with zero attached hydrogens (tertiary/aromatic N) is 3. The number of benzene rings is 1. The normalized spacial score (nSPS) is 9.87. The Morgan fingerprint density at radius 3 is 3.07 bits per heavy atom. The summed E-state index contributed by atoms with van der Waals surface area (Å²) in [6.07, 6.45) is 3.89. The Labute approximate surface area is 92.5 Å². The fraction of sp³-hybridized carbons (Fsp3) is 0.0909. The molecule has 0 atom stereocenters. The summed E-state index contributed by atoms with van der Waals surface area (Å²) < 4.78 is 1.71. The molecule has 0 radical (unpaired) electrons. The van der Waals surface area contributed by atoms with E-state index in [4.69, 9.17) is 16.9 Å². The second-order valence-corrected chi connectivity index (χ2v) is 3.54. The van der Waals surface area contributed by atoms with E-state index in [2.05, 4.69) is 11.2 Å². The van der Waals surface area contributed by atoms with Crippen LogP contribution in [0.5, 0.6) is 0 Å². The fourth-order valence-electron chi connectivity index (χ4n) is 1.30. The first-order valence-corrected chi connectivity index (χ1v) is 4.84. The van der Waals surface area contributed by atoms with Crippen molar-refractivity contribution in [1.29, 1.82) is 5.26 Å². The lowest BCUT2D eigenvalue weighted by molar-refractivity contribution is 0.880. The van der Waals surface area contributed by atoms with Gasteiger partial charge < -0.3 is 0 Å². The van der Waals surface area contributed by atoms with Gasteiger partial charge in [0, 0.05) is 16.8 Å². The molecule has 0 bridgehead atoms. The van der Waals surface area contributed by atoms with Gasteiger partial charge >= 0.3 is 0 Å². The molecule has 2 aromatic rings. The molecule has 74 valence electrons. The molecule has 4 heteroatoms. The van der Waals surface area contributed by atoms with Gasteiger partial charge in [-0.1, -0.05) is 17.7 Å². The summed E-state index contributed by atoms with van der Waals surface area (Å²) >= 11 is 5.87. The highest BCUT2D eigenvalue weighted by Gasteiger charge is 2.00.